The van der Waals surface area contributed by atoms with Crippen LogP contribution in [0.1, 0.15) is 6.42 Å². The van der Waals surface area contributed by atoms with Gasteiger partial charge in [-0.25, -0.2) is 0 Å². The summed E-state index contributed by atoms with van der Waals surface area (Å²) in [6.45, 7) is 4.16. The fraction of sp³-hybridized carbons (Fsp3) is 0.450. The van der Waals surface area contributed by atoms with Gasteiger partial charge in [-0.05, 0) is 17.9 Å². The average molecular weight is 341 g/mol. The van der Waals surface area contributed by atoms with Crippen molar-refractivity contribution in [2.75, 3.05) is 47.0 Å². The lowest BCUT2D eigenvalue weighted by Gasteiger charge is -2.21. The number of aliphatic imine (C=N–C) groups is 1. The molecule has 2 aromatic rings. The molecule has 3 rings (SSSR count). The van der Waals surface area contributed by atoms with Crippen LogP contribution in [-0.2, 0) is 4.74 Å². The van der Waals surface area contributed by atoms with E-state index in [4.69, 9.17) is 9.47 Å². The maximum atomic E-state index is 5.98. The second kappa shape index (κ2) is 8.72. The Hall–Kier alpha value is -2.27. The van der Waals surface area contributed by atoms with Crippen molar-refractivity contribution in [3.05, 3.63) is 42.5 Å². The average Bonchev–Trinajstić information content (AvgIpc) is 3.10. The molecule has 0 aromatic heterocycles. The van der Waals surface area contributed by atoms with Gasteiger partial charge >= 0.3 is 0 Å². The van der Waals surface area contributed by atoms with Crippen LogP contribution in [0, 0.1) is 5.92 Å². The van der Waals surface area contributed by atoms with Gasteiger partial charge in [-0.15, -0.1) is 0 Å². The summed E-state index contributed by atoms with van der Waals surface area (Å²) in [6.07, 6.45) is 1.15. The molecule has 1 heterocycles. The third-order valence-electron chi connectivity index (χ3n) is 4.59. The Bertz CT molecular complexity index is 712. The summed E-state index contributed by atoms with van der Waals surface area (Å²) >= 11 is 0. The predicted octanol–water partition coefficient (Wildman–Crippen LogP) is 2.76. The lowest BCUT2D eigenvalue weighted by atomic mass is 10.1. The molecule has 0 radical (unpaired) electrons. The molecule has 0 bridgehead atoms. The summed E-state index contributed by atoms with van der Waals surface area (Å²) in [7, 11) is 3.60. The number of methoxy groups -OCH3 is 1. The summed E-state index contributed by atoms with van der Waals surface area (Å²) in [5.41, 5.74) is 0. The molecule has 0 saturated carbocycles. The first-order chi connectivity index (χ1) is 12.3. The minimum absolute atomic E-state index is 0.593. The van der Waals surface area contributed by atoms with Crippen molar-refractivity contribution in [3.63, 3.8) is 0 Å². The molecule has 1 atom stereocenters. The zero-order valence-corrected chi connectivity index (χ0v) is 15.1. The molecule has 1 aliphatic heterocycles. The maximum absolute atomic E-state index is 5.98. The van der Waals surface area contributed by atoms with Crippen molar-refractivity contribution in [1.82, 2.24) is 10.2 Å². The van der Waals surface area contributed by atoms with Crippen molar-refractivity contribution in [1.29, 1.82) is 0 Å². The van der Waals surface area contributed by atoms with Crippen molar-refractivity contribution < 1.29 is 9.47 Å². The van der Waals surface area contributed by atoms with E-state index in [9.17, 15) is 0 Å². The second-order valence-corrected chi connectivity index (χ2v) is 6.36. The van der Waals surface area contributed by atoms with E-state index in [1.54, 1.807) is 7.11 Å². The Balaban J connectivity index is 1.49. The number of benzene rings is 2. The Morgan fingerprint density at radius 2 is 2.08 bits per heavy atom. The van der Waals surface area contributed by atoms with Crippen LogP contribution in [0.5, 0.6) is 5.75 Å². The van der Waals surface area contributed by atoms with Gasteiger partial charge in [0.2, 0.25) is 0 Å². The van der Waals surface area contributed by atoms with E-state index in [1.807, 2.05) is 31.3 Å². The van der Waals surface area contributed by atoms with Crippen molar-refractivity contribution in [3.8, 4) is 5.75 Å². The van der Waals surface area contributed by atoms with Crippen molar-refractivity contribution in [2.24, 2.45) is 10.9 Å². The maximum Gasteiger partial charge on any atom is 0.193 e. The minimum Gasteiger partial charge on any atom is -0.491 e. The van der Waals surface area contributed by atoms with Gasteiger partial charge in [0, 0.05) is 38.6 Å². The van der Waals surface area contributed by atoms with Crippen molar-refractivity contribution in [2.45, 2.75) is 6.42 Å². The smallest absolute Gasteiger partial charge is 0.193 e. The molecule has 1 saturated heterocycles. The number of likely N-dealkylation sites (tertiary alicyclic amines) is 1. The first kappa shape index (κ1) is 17.5. The first-order valence-electron chi connectivity index (χ1n) is 8.87. The SMILES string of the molecule is CN=C(NCCOc1cccc2ccccc12)N1CCC(COC)C1. The van der Waals surface area contributed by atoms with Gasteiger partial charge in [0.05, 0.1) is 13.2 Å². The van der Waals surface area contributed by atoms with Crippen LogP contribution in [0.25, 0.3) is 10.8 Å². The molecule has 1 aliphatic rings. The highest BCUT2D eigenvalue weighted by molar-refractivity contribution is 5.88. The Labute approximate surface area is 149 Å². The quantitative estimate of drug-likeness (QED) is 0.499. The Morgan fingerprint density at radius 1 is 1.24 bits per heavy atom. The van der Waals surface area contributed by atoms with Gasteiger partial charge in [-0.2, -0.15) is 0 Å². The summed E-state index contributed by atoms with van der Waals surface area (Å²) in [4.78, 5) is 6.69. The van der Waals surface area contributed by atoms with E-state index in [2.05, 4.69) is 33.4 Å². The number of hydrogen-bond acceptors (Lipinski definition) is 3. The predicted molar refractivity (Wildman–Crippen MR) is 102 cm³/mol. The molecule has 134 valence electrons. The monoisotopic (exact) mass is 341 g/mol. The molecule has 2 aromatic carbocycles. The minimum atomic E-state index is 0.593. The van der Waals surface area contributed by atoms with E-state index >= 15 is 0 Å². The molecular weight excluding hydrogens is 314 g/mol. The number of fused-ring (bicyclic) bond motifs is 1. The van der Waals surface area contributed by atoms with E-state index < -0.39 is 0 Å². The normalized spacial score (nSPS) is 17.9. The van der Waals surface area contributed by atoms with E-state index in [0.29, 0.717) is 12.5 Å². The van der Waals surface area contributed by atoms with Gasteiger partial charge < -0.3 is 19.7 Å². The molecule has 0 aliphatic carbocycles. The number of ether oxygens (including phenoxy) is 2. The number of guanidine groups is 1. The van der Waals surface area contributed by atoms with Crippen LogP contribution in [0.15, 0.2) is 47.5 Å². The molecule has 5 nitrogen and oxygen atoms in total. The molecule has 25 heavy (non-hydrogen) atoms. The third-order valence-corrected chi connectivity index (χ3v) is 4.59. The fourth-order valence-electron chi connectivity index (χ4n) is 3.37. The van der Waals surface area contributed by atoms with Crippen LogP contribution < -0.4 is 10.1 Å². The zero-order chi connectivity index (χ0) is 17.5. The molecular formula is C20H27N3O2. The topological polar surface area (TPSA) is 46.1 Å². The number of hydrogen-bond donors (Lipinski definition) is 1. The molecule has 5 heteroatoms. The van der Waals surface area contributed by atoms with Gasteiger partial charge in [0.1, 0.15) is 12.4 Å². The lowest BCUT2D eigenvalue weighted by molar-refractivity contribution is 0.157. The van der Waals surface area contributed by atoms with Crippen molar-refractivity contribution >= 4 is 16.7 Å². The Kier molecular flexibility index (Phi) is 6.12. The van der Waals surface area contributed by atoms with E-state index in [-0.39, 0.29) is 0 Å². The highest BCUT2D eigenvalue weighted by Gasteiger charge is 2.24. The third kappa shape index (κ3) is 4.42. The van der Waals surface area contributed by atoms with Crippen LogP contribution in [0.3, 0.4) is 0 Å². The van der Waals surface area contributed by atoms with Gasteiger partial charge in [-0.1, -0.05) is 36.4 Å². The molecule has 1 unspecified atom stereocenters. The van der Waals surface area contributed by atoms with E-state index in [1.165, 1.54) is 5.39 Å². The van der Waals surface area contributed by atoms with E-state index in [0.717, 1.165) is 49.8 Å². The molecule has 0 spiro atoms. The summed E-state index contributed by atoms with van der Waals surface area (Å²) < 4.78 is 11.2. The summed E-state index contributed by atoms with van der Waals surface area (Å²) in [6, 6.07) is 14.4. The van der Waals surface area contributed by atoms with Gasteiger partial charge in [0.25, 0.3) is 0 Å². The number of nitrogens with zero attached hydrogens (tertiary/aromatic N) is 2. The standard InChI is InChI=1S/C20H27N3O2/c1-21-20(23-12-10-16(14-23)15-24-2)22-11-13-25-19-9-5-7-17-6-3-4-8-18(17)19/h3-9,16H,10-15H2,1-2H3,(H,21,22). The highest BCUT2D eigenvalue weighted by atomic mass is 16.5. The van der Waals surface area contributed by atoms with Crippen LogP contribution in [0.2, 0.25) is 0 Å². The van der Waals surface area contributed by atoms with Gasteiger partial charge in [-0.3, -0.25) is 4.99 Å². The number of rotatable bonds is 6. The van der Waals surface area contributed by atoms with Crippen LogP contribution in [0.4, 0.5) is 0 Å². The molecule has 0 amide bonds. The van der Waals surface area contributed by atoms with Crippen LogP contribution >= 0.6 is 0 Å². The van der Waals surface area contributed by atoms with Crippen LogP contribution in [-0.4, -0.2) is 57.9 Å². The number of nitrogens with one attached hydrogen (secondary N) is 1. The highest BCUT2D eigenvalue weighted by Crippen LogP contribution is 2.24. The first-order valence-corrected chi connectivity index (χ1v) is 8.87. The lowest BCUT2D eigenvalue weighted by Crippen LogP contribution is -2.41. The summed E-state index contributed by atoms with van der Waals surface area (Å²) in [5, 5.41) is 5.75. The largest absolute Gasteiger partial charge is 0.491 e. The molecule has 1 N–H and O–H groups in total. The fourth-order valence-corrected chi connectivity index (χ4v) is 3.37. The zero-order valence-electron chi connectivity index (χ0n) is 15.1. The second-order valence-electron chi connectivity index (χ2n) is 6.36. The summed E-state index contributed by atoms with van der Waals surface area (Å²) in [5.74, 6) is 2.46. The Morgan fingerprint density at radius 3 is 2.92 bits per heavy atom. The molecule has 1 fully saturated rings. The van der Waals surface area contributed by atoms with Gasteiger partial charge in [0.15, 0.2) is 5.96 Å².